The predicted octanol–water partition coefficient (Wildman–Crippen LogP) is 5.70. The van der Waals surface area contributed by atoms with Gasteiger partial charge in [-0.2, -0.15) is 0 Å². The van der Waals surface area contributed by atoms with Crippen LogP contribution in [0.5, 0.6) is 34.5 Å². The Kier molecular flexibility index (Phi) is 10.6. The summed E-state index contributed by atoms with van der Waals surface area (Å²) in [6.45, 7) is 1.68. The molecule has 13 nitrogen and oxygen atoms in total. The van der Waals surface area contributed by atoms with E-state index in [1.54, 1.807) is 25.3 Å². The van der Waals surface area contributed by atoms with Gasteiger partial charge in [0.15, 0.2) is 11.5 Å². The number of aromatic amines is 1. The van der Waals surface area contributed by atoms with Crippen LogP contribution in [0.25, 0.3) is 10.9 Å². The van der Waals surface area contributed by atoms with Gasteiger partial charge in [0.1, 0.15) is 23.4 Å². The van der Waals surface area contributed by atoms with Gasteiger partial charge in [0, 0.05) is 41.8 Å². The number of H-pyrrole nitrogens is 1. The number of fused-ring (bicyclic) bond motifs is 6. The number of aromatic nitrogens is 1. The van der Waals surface area contributed by atoms with Gasteiger partial charge in [-0.05, 0) is 85.0 Å². The average Bonchev–Trinajstić information content (AvgIpc) is 3.57. The summed E-state index contributed by atoms with van der Waals surface area (Å²) in [6.07, 6.45) is 2.06. The molecule has 0 amide bonds. The van der Waals surface area contributed by atoms with Crippen LogP contribution in [0.15, 0.2) is 48.5 Å². The number of nitrogens with one attached hydrogen (secondary N) is 1. The van der Waals surface area contributed by atoms with Gasteiger partial charge in [-0.3, -0.25) is 14.5 Å². The molecule has 2 aliphatic heterocycles. The third-order valence-corrected chi connectivity index (χ3v) is 11.2. The molecule has 5 atom stereocenters. The first-order valence-corrected chi connectivity index (χ1v) is 18.1. The van der Waals surface area contributed by atoms with Gasteiger partial charge in [-0.25, -0.2) is 4.79 Å². The van der Waals surface area contributed by atoms with Gasteiger partial charge in [0.2, 0.25) is 5.75 Å². The topological polar surface area (TPSA) is 144 Å². The molecule has 1 aliphatic carbocycles. The van der Waals surface area contributed by atoms with E-state index >= 15 is 0 Å². The fraction of sp³-hybridized carbons (Fsp3) is 0.439. The highest BCUT2D eigenvalue weighted by Gasteiger charge is 2.49. The van der Waals surface area contributed by atoms with Crippen LogP contribution in [0.2, 0.25) is 0 Å². The van der Waals surface area contributed by atoms with Crippen LogP contribution in [0.3, 0.4) is 0 Å². The molecule has 1 aromatic heterocycles. The van der Waals surface area contributed by atoms with Gasteiger partial charge in [0.25, 0.3) is 0 Å². The van der Waals surface area contributed by atoms with Crippen LogP contribution in [-0.4, -0.2) is 89.6 Å². The van der Waals surface area contributed by atoms with Crippen molar-refractivity contribution in [2.75, 3.05) is 55.7 Å². The van der Waals surface area contributed by atoms with Crippen LogP contribution in [-0.2, 0) is 31.9 Å². The summed E-state index contributed by atoms with van der Waals surface area (Å²) in [6, 6.07) is 14.3. The third kappa shape index (κ3) is 7.12. The van der Waals surface area contributed by atoms with Crippen molar-refractivity contribution in [1.82, 2.24) is 9.88 Å². The summed E-state index contributed by atoms with van der Waals surface area (Å²) in [5, 5.41) is 1.21. The van der Waals surface area contributed by atoms with Crippen LogP contribution >= 0.6 is 0 Å². The summed E-state index contributed by atoms with van der Waals surface area (Å²) in [5.41, 5.74) is 4.36. The molecular weight excluding hydrogens is 696 g/mol. The lowest BCUT2D eigenvalue weighted by Crippen LogP contribution is -2.52. The first-order chi connectivity index (χ1) is 26.2. The molecular formula is C41H46N2O11. The fourth-order valence-corrected chi connectivity index (χ4v) is 8.66. The normalized spacial score (nSPS) is 21.9. The highest BCUT2D eigenvalue weighted by atomic mass is 16.6. The van der Waals surface area contributed by atoms with Crippen molar-refractivity contribution in [2.24, 2.45) is 17.8 Å². The number of esters is 3. The second-order valence-electron chi connectivity index (χ2n) is 14.1. The van der Waals surface area contributed by atoms with Crippen molar-refractivity contribution in [3.05, 3.63) is 70.9 Å². The number of hydrogen-bond donors (Lipinski definition) is 1. The molecule has 3 aliphatic rings. The Bertz CT molecular complexity index is 2010. The number of carbonyl (C=O) groups excluding carboxylic acids is 3. The van der Waals surface area contributed by atoms with E-state index in [2.05, 4.69) is 16.0 Å². The molecule has 3 heterocycles. The monoisotopic (exact) mass is 742 g/mol. The van der Waals surface area contributed by atoms with Crippen LogP contribution < -0.4 is 28.4 Å². The number of ether oxygens (including phenoxy) is 8. The van der Waals surface area contributed by atoms with Gasteiger partial charge >= 0.3 is 17.9 Å². The van der Waals surface area contributed by atoms with Gasteiger partial charge < -0.3 is 42.9 Å². The Morgan fingerprint density at radius 3 is 2.15 bits per heavy atom. The molecule has 0 radical (unpaired) electrons. The van der Waals surface area contributed by atoms with E-state index in [0.717, 1.165) is 37.2 Å². The number of benzene rings is 3. The number of methoxy groups -OCH3 is 6. The maximum absolute atomic E-state index is 13.7. The number of piperidine rings is 1. The molecule has 1 saturated carbocycles. The molecule has 0 spiro atoms. The van der Waals surface area contributed by atoms with E-state index in [4.69, 9.17) is 37.9 Å². The lowest BCUT2D eigenvalue weighted by Gasteiger charge is -2.51. The van der Waals surface area contributed by atoms with Crippen molar-refractivity contribution in [2.45, 2.75) is 44.2 Å². The van der Waals surface area contributed by atoms with E-state index in [0.29, 0.717) is 29.9 Å². The summed E-state index contributed by atoms with van der Waals surface area (Å²) in [7, 11) is 8.94. The number of rotatable bonds is 11. The van der Waals surface area contributed by atoms with Crippen molar-refractivity contribution >= 4 is 28.8 Å². The van der Waals surface area contributed by atoms with Gasteiger partial charge in [-0.15, -0.1) is 0 Å². The molecule has 0 bridgehead atoms. The van der Waals surface area contributed by atoms with Crippen molar-refractivity contribution in [3.8, 4) is 34.5 Å². The van der Waals surface area contributed by atoms with E-state index in [1.807, 2.05) is 12.1 Å². The van der Waals surface area contributed by atoms with Crippen molar-refractivity contribution in [1.29, 1.82) is 0 Å². The largest absolute Gasteiger partial charge is 0.497 e. The van der Waals surface area contributed by atoms with Crippen LogP contribution in [0.4, 0.5) is 0 Å². The summed E-state index contributed by atoms with van der Waals surface area (Å²) >= 11 is 0. The molecule has 54 heavy (non-hydrogen) atoms. The Balaban J connectivity index is 1.07. The Labute approximate surface area is 313 Å². The molecule has 7 rings (SSSR count). The minimum atomic E-state index is -0.607. The van der Waals surface area contributed by atoms with Crippen molar-refractivity contribution in [3.63, 3.8) is 0 Å². The molecule has 3 unspecified atom stereocenters. The molecule has 4 aromatic rings. The summed E-state index contributed by atoms with van der Waals surface area (Å²) < 4.78 is 44.4. The highest BCUT2D eigenvalue weighted by Crippen LogP contribution is 2.50. The van der Waals surface area contributed by atoms with E-state index in [9.17, 15) is 14.4 Å². The Morgan fingerprint density at radius 1 is 0.796 bits per heavy atom. The number of nitrogens with zero attached hydrogens (tertiary/aromatic N) is 1. The lowest BCUT2D eigenvalue weighted by molar-refractivity contribution is -0.155. The minimum absolute atomic E-state index is 0.0261. The van der Waals surface area contributed by atoms with Gasteiger partial charge in [-0.1, -0.05) is 0 Å². The third-order valence-electron chi connectivity index (χ3n) is 11.2. The second-order valence-corrected chi connectivity index (χ2v) is 14.1. The molecule has 2 fully saturated rings. The van der Waals surface area contributed by atoms with E-state index in [-0.39, 0.29) is 53.1 Å². The zero-order valence-electron chi connectivity index (χ0n) is 31.4. The standard InChI is InChI=1S/C41H46N2O11/c1-47-25-7-8-29-30-9-10-43-21-24-14-28(18-32(41(46)52-6)31(24)20-34(43)38(30)42-33(29)19-25)53-40(45)23-15-35(50-4)39(36(16-23)51-5)54-37(44)13-22-11-26(48-2)17-27(12-22)49-3/h7-8,11-12,15-17,19,24,28,31-32,34,42H,9-10,13-14,18,20-21H2,1-6H3/t24-,28?,31+,32?,34?/m1/s1. The van der Waals surface area contributed by atoms with Crippen LogP contribution in [0.1, 0.15) is 52.5 Å². The summed E-state index contributed by atoms with van der Waals surface area (Å²) in [4.78, 5) is 46.3. The maximum Gasteiger partial charge on any atom is 0.338 e. The molecule has 13 heteroatoms. The summed E-state index contributed by atoms with van der Waals surface area (Å²) in [5.74, 6) is 0.398. The molecule has 286 valence electrons. The fourth-order valence-electron chi connectivity index (χ4n) is 8.66. The van der Waals surface area contributed by atoms with Crippen LogP contribution in [0, 0.1) is 17.8 Å². The first kappa shape index (κ1) is 36.9. The van der Waals surface area contributed by atoms with Crippen molar-refractivity contribution < 1.29 is 52.3 Å². The second kappa shape index (κ2) is 15.5. The SMILES string of the molecule is COC(=O)C1CC(OC(=O)c2cc(OC)c(OC(=O)Cc3cc(OC)cc(OC)c3)c(OC)c2)C[C@@H]2CN3CCc4c([nH]c5cc(OC)ccc45)C3C[C@H]12. The average molecular weight is 743 g/mol. The predicted molar refractivity (Wildman–Crippen MR) is 197 cm³/mol. The Morgan fingerprint density at radius 2 is 1.50 bits per heavy atom. The van der Waals surface area contributed by atoms with Gasteiger partial charge in [0.05, 0.1) is 66.6 Å². The smallest absolute Gasteiger partial charge is 0.338 e. The zero-order chi connectivity index (χ0) is 38.1. The number of hydrogen-bond acceptors (Lipinski definition) is 12. The molecule has 1 N–H and O–H groups in total. The van der Waals surface area contributed by atoms with E-state index in [1.165, 1.54) is 64.3 Å². The Hall–Kier alpha value is -5.43. The first-order valence-electron chi connectivity index (χ1n) is 18.1. The quantitative estimate of drug-likeness (QED) is 0.149. The molecule has 3 aromatic carbocycles. The lowest BCUT2D eigenvalue weighted by atomic mass is 9.65. The highest BCUT2D eigenvalue weighted by molar-refractivity contribution is 5.92. The maximum atomic E-state index is 13.7. The van der Waals surface area contributed by atoms with E-state index < -0.39 is 24.0 Å². The zero-order valence-corrected chi connectivity index (χ0v) is 31.4. The molecule has 1 saturated heterocycles. The minimum Gasteiger partial charge on any atom is -0.497 e. The number of carbonyl (C=O) groups is 3.